The lowest BCUT2D eigenvalue weighted by Gasteiger charge is -2.46. The summed E-state index contributed by atoms with van der Waals surface area (Å²) in [4.78, 5) is 19.2. The van der Waals surface area contributed by atoms with Gasteiger partial charge in [0.2, 0.25) is 10.0 Å². The second kappa shape index (κ2) is 6.91. The Kier molecular flexibility index (Phi) is 4.43. The van der Waals surface area contributed by atoms with Gasteiger partial charge in [0.15, 0.2) is 0 Å². The SMILES string of the molecule is O=C1c2ccccc2CC2(c3ccc(Cl)cc3)N1CCN2S(=O)(=O)c1cccnc1. The van der Waals surface area contributed by atoms with E-state index in [1.54, 1.807) is 41.3 Å². The maximum Gasteiger partial charge on any atom is 0.255 e. The Morgan fingerprint density at radius 3 is 2.47 bits per heavy atom. The van der Waals surface area contributed by atoms with Crippen molar-refractivity contribution in [2.24, 2.45) is 0 Å². The fourth-order valence-corrected chi connectivity index (χ4v) is 6.32. The van der Waals surface area contributed by atoms with Gasteiger partial charge in [-0.2, -0.15) is 4.31 Å². The Labute approximate surface area is 179 Å². The quantitative estimate of drug-likeness (QED) is 0.627. The lowest BCUT2D eigenvalue weighted by molar-refractivity contribution is 0.0328. The summed E-state index contributed by atoms with van der Waals surface area (Å²) in [5.74, 6) is -0.171. The zero-order chi connectivity index (χ0) is 20.9. The van der Waals surface area contributed by atoms with E-state index >= 15 is 0 Å². The van der Waals surface area contributed by atoms with Gasteiger partial charge in [0.25, 0.3) is 5.91 Å². The van der Waals surface area contributed by atoms with Crippen LogP contribution >= 0.6 is 11.6 Å². The normalized spacial score (nSPS) is 21.4. The van der Waals surface area contributed by atoms with Crippen molar-refractivity contribution in [2.45, 2.75) is 17.0 Å². The van der Waals surface area contributed by atoms with Gasteiger partial charge in [-0.25, -0.2) is 8.42 Å². The maximum absolute atomic E-state index is 13.7. The van der Waals surface area contributed by atoms with Gasteiger partial charge in [0.05, 0.1) is 0 Å². The summed E-state index contributed by atoms with van der Waals surface area (Å²) in [6.07, 6.45) is 3.23. The van der Waals surface area contributed by atoms with Crippen LogP contribution in [0.3, 0.4) is 0 Å². The molecule has 0 spiro atoms. The summed E-state index contributed by atoms with van der Waals surface area (Å²) in [6.45, 7) is 0.495. The molecule has 1 saturated heterocycles. The van der Waals surface area contributed by atoms with Crippen molar-refractivity contribution in [3.8, 4) is 0 Å². The summed E-state index contributed by atoms with van der Waals surface area (Å²) in [5.41, 5.74) is 0.981. The first-order chi connectivity index (χ1) is 14.4. The summed E-state index contributed by atoms with van der Waals surface area (Å²) in [6, 6.07) is 17.5. The predicted octanol–water partition coefficient (Wildman–Crippen LogP) is 3.29. The Hall–Kier alpha value is -2.74. The van der Waals surface area contributed by atoms with Crippen molar-refractivity contribution in [2.75, 3.05) is 13.1 Å². The molecule has 1 amide bonds. The van der Waals surface area contributed by atoms with E-state index in [9.17, 15) is 13.2 Å². The molecule has 30 heavy (non-hydrogen) atoms. The minimum Gasteiger partial charge on any atom is -0.313 e. The number of halogens is 1. The number of hydrogen-bond donors (Lipinski definition) is 0. The van der Waals surface area contributed by atoms with E-state index in [1.807, 2.05) is 18.2 Å². The number of hydrogen-bond acceptors (Lipinski definition) is 4. The molecular weight excluding hydrogens is 422 g/mol. The molecule has 2 aliphatic rings. The highest BCUT2D eigenvalue weighted by atomic mass is 35.5. The molecule has 3 aromatic rings. The molecule has 2 aromatic carbocycles. The highest BCUT2D eigenvalue weighted by Gasteiger charge is 2.58. The number of fused-ring (bicyclic) bond motifs is 2. The number of benzene rings is 2. The molecule has 8 heteroatoms. The molecule has 3 heterocycles. The Balaban J connectivity index is 1.75. The number of sulfonamides is 1. The maximum atomic E-state index is 13.7. The van der Waals surface area contributed by atoms with Gasteiger partial charge < -0.3 is 4.90 Å². The minimum atomic E-state index is -3.91. The van der Waals surface area contributed by atoms with Crippen LogP contribution in [0.2, 0.25) is 5.02 Å². The Morgan fingerprint density at radius 1 is 0.967 bits per heavy atom. The van der Waals surface area contributed by atoms with Crippen molar-refractivity contribution in [1.29, 1.82) is 0 Å². The zero-order valence-electron chi connectivity index (χ0n) is 15.9. The monoisotopic (exact) mass is 439 g/mol. The van der Waals surface area contributed by atoms with Crippen LogP contribution < -0.4 is 0 Å². The second-order valence-electron chi connectivity index (χ2n) is 7.38. The van der Waals surface area contributed by atoms with E-state index in [4.69, 9.17) is 11.6 Å². The summed E-state index contributed by atoms with van der Waals surface area (Å²) >= 11 is 6.10. The smallest absolute Gasteiger partial charge is 0.255 e. The molecule has 152 valence electrons. The van der Waals surface area contributed by atoms with E-state index in [-0.39, 0.29) is 17.3 Å². The van der Waals surface area contributed by atoms with Crippen LogP contribution in [0.4, 0.5) is 0 Å². The zero-order valence-corrected chi connectivity index (χ0v) is 17.5. The van der Waals surface area contributed by atoms with Crippen LogP contribution in [-0.4, -0.2) is 41.6 Å². The van der Waals surface area contributed by atoms with Crippen LogP contribution in [0.1, 0.15) is 21.5 Å². The molecule has 1 aromatic heterocycles. The molecule has 1 atom stereocenters. The first kappa shape index (κ1) is 19.2. The molecular formula is C22H18ClN3O3S. The molecule has 5 rings (SSSR count). The summed E-state index contributed by atoms with van der Waals surface area (Å²) in [7, 11) is -3.91. The Bertz CT molecular complexity index is 1230. The molecule has 0 saturated carbocycles. The molecule has 0 bridgehead atoms. The van der Waals surface area contributed by atoms with Crippen molar-refractivity contribution >= 4 is 27.5 Å². The van der Waals surface area contributed by atoms with Crippen molar-refractivity contribution in [1.82, 2.24) is 14.2 Å². The van der Waals surface area contributed by atoms with E-state index < -0.39 is 15.7 Å². The minimum absolute atomic E-state index is 0.103. The van der Waals surface area contributed by atoms with Crippen molar-refractivity contribution in [3.05, 3.63) is 94.8 Å². The number of nitrogens with zero attached hydrogens (tertiary/aromatic N) is 3. The van der Waals surface area contributed by atoms with Crippen LogP contribution in [-0.2, 0) is 22.1 Å². The molecule has 1 fully saturated rings. The fraction of sp³-hybridized carbons (Fsp3) is 0.182. The van der Waals surface area contributed by atoms with Gasteiger partial charge in [-0.3, -0.25) is 9.78 Å². The molecule has 0 radical (unpaired) electrons. The molecule has 0 aliphatic carbocycles. The lowest BCUT2D eigenvalue weighted by Crippen LogP contribution is -2.58. The van der Waals surface area contributed by atoms with Crippen molar-refractivity contribution < 1.29 is 13.2 Å². The van der Waals surface area contributed by atoms with Gasteiger partial charge in [0.1, 0.15) is 10.6 Å². The largest absolute Gasteiger partial charge is 0.313 e. The topological polar surface area (TPSA) is 70.6 Å². The number of aromatic nitrogens is 1. The molecule has 0 N–H and O–H groups in total. The predicted molar refractivity (Wildman–Crippen MR) is 112 cm³/mol. The van der Waals surface area contributed by atoms with Crippen molar-refractivity contribution in [3.63, 3.8) is 0 Å². The summed E-state index contributed by atoms with van der Waals surface area (Å²) in [5, 5.41) is 0.545. The molecule has 6 nitrogen and oxygen atoms in total. The van der Waals surface area contributed by atoms with E-state index in [1.165, 1.54) is 22.8 Å². The third kappa shape index (κ3) is 2.70. The van der Waals surface area contributed by atoms with Crippen LogP contribution in [0.15, 0.2) is 78.0 Å². The van der Waals surface area contributed by atoms with E-state index in [2.05, 4.69) is 4.98 Å². The third-order valence-electron chi connectivity index (χ3n) is 5.84. The van der Waals surface area contributed by atoms with Crippen LogP contribution in [0.5, 0.6) is 0 Å². The van der Waals surface area contributed by atoms with Gasteiger partial charge >= 0.3 is 0 Å². The van der Waals surface area contributed by atoms with Gasteiger partial charge in [0, 0.05) is 42.5 Å². The Morgan fingerprint density at radius 2 is 1.73 bits per heavy atom. The first-order valence-electron chi connectivity index (χ1n) is 9.53. The molecule has 2 aliphatic heterocycles. The van der Waals surface area contributed by atoms with Gasteiger partial charge in [-0.05, 0) is 41.5 Å². The highest BCUT2D eigenvalue weighted by Crippen LogP contribution is 2.47. The average molecular weight is 440 g/mol. The van der Waals surface area contributed by atoms with Gasteiger partial charge in [-0.1, -0.05) is 41.9 Å². The summed E-state index contributed by atoms with van der Waals surface area (Å²) < 4.78 is 28.8. The van der Waals surface area contributed by atoms with E-state index in [0.29, 0.717) is 29.1 Å². The molecule has 1 unspecified atom stereocenters. The lowest BCUT2D eigenvalue weighted by atomic mass is 9.85. The second-order valence-corrected chi connectivity index (χ2v) is 9.68. The number of carbonyl (C=O) groups is 1. The van der Waals surface area contributed by atoms with Crippen LogP contribution in [0, 0.1) is 0 Å². The number of pyridine rings is 1. The third-order valence-corrected chi connectivity index (χ3v) is 8.00. The standard InChI is InChI=1S/C22H18ClN3O3S/c23-18-9-7-17(8-10-18)22-14-16-4-1-2-6-20(16)21(27)25(22)12-13-26(22)30(28,29)19-5-3-11-24-15-19/h1-11,15H,12-14H2. The van der Waals surface area contributed by atoms with Crippen LogP contribution in [0.25, 0.3) is 0 Å². The first-order valence-corrected chi connectivity index (χ1v) is 11.4. The average Bonchev–Trinajstić information content (AvgIpc) is 3.16. The number of carbonyl (C=O) groups excluding carboxylic acids is 1. The van der Waals surface area contributed by atoms with E-state index in [0.717, 1.165) is 5.56 Å². The van der Waals surface area contributed by atoms with Gasteiger partial charge in [-0.15, -0.1) is 0 Å². The number of rotatable bonds is 3. The highest BCUT2D eigenvalue weighted by molar-refractivity contribution is 7.89. The number of amides is 1. The fourth-order valence-electron chi connectivity index (χ4n) is 4.51.